The SMILES string of the molecule is CNc1cc(C(=O)Nc2cccnn2)cc(C(C)(C)C)n1. The van der Waals surface area contributed by atoms with Gasteiger partial charge in [0.2, 0.25) is 0 Å². The number of hydrogen-bond acceptors (Lipinski definition) is 5. The molecule has 0 aliphatic rings. The average molecular weight is 285 g/mol. The third kappa shape index (κ3) is 3.75. The van der Waals surface area contributed by atoms with Crippen molar-refractivity contribution in [3.8, 4) is 0 Å². The molecule has 2 heterocycles. The topological polar surface area (TPSA) is 79.8 Å². The lowest BCUT2D eigenvalue weighted by molar-refractivity contribution is 0.102. The number of amides is 1. The molecule has 21 heavy (non-hydrogen) atoms. The lowest BCUT2D eigenvalue weighted by Crippen LogP contribution is -2.19. The number of carbonyl (C=O) groups is 1. The molecule has 2 rings (SSSR count). The highest BCUT2D eigenvalue weighted by Crippen LogP contribution is 2.23. The predicted molar refractivity (Wildman–Crippen MR) is 82.5 cm³/mol. The minimum Gasteiger partial charge on any atom is -0.373 e. The molecule has 0 saturated heterocycles. The molecule has 0 aromatic carbocycles. The maximum Gasteiger partial charge on any atom is 0.257 e. The minimum atomic E-state index is -0.236. The minimum absolute atomic E-state index is 0.144. The van der Waals surface area contributed by atoms with Crippen molar-refractivity contribution in [2.45, 2.75) is 26.2 Å². The summed E-state index contributed by atoms with van der Waals surface area (Å²) in [6.45, 7) is 6.16. The van der Waals surface area contributed by atoms with Crippen LogP contribution in [-0.2, 0) is 5.41 Å². The predicted octanol–water partition coefficient (Wildman–Crippen LogP) is 2.46. The summed E-state index contributed by atoms with van der Waals surface area (Å²) in [5, 5.41) is 13.3. The molecule has 0 aliphatic carbocycles. The van der Waals surface area contributed by atoms with Crippen molar-refractivity contribution in [2.24, 2.45) is 0 Å². The smallest absolute Gasteiger partial charge is 0.257 e. The molecular formula is C15H19N5O. The second-order valence-corrected chi connectivity index (χ2v) is 5.69. The van der Waals surface area contributed by atoms with E-state index >= 15 is 0 Å². The Bertz CT molecular complexity index is 634. The first-order valence-corrected chi connectivity index (χ1v) is 6.69. The van der Waals surface area contributed by atoms with Crippen LogP contribution in [0.5, 0.6) is 0 Å². The van der Waals surface area contributed by atoms with Gasteiger partial charge in [-0.15, -0.1) is 5.10 Å². The molecule has 0 aliphatic heterocycles. The van der Waals surface area contributed by atoms with Gasteiger partial charge in [0.05, 0.1) is 0 Å². The van der Waals surface area contributed by atoms with Crippen LogP contribution in [0.2, 0.25) is 0 Å². The van der Waals surface area contributed by atoms with E-state index in [-0.39, 0.29) is 11.3 Å². The zero-order chi connectivity index (χ0) is 15.5. The first-order chi connectivity index (χ1) is 9.90. The van der Waals surface area contributed by atoms with Gasteiger partial charge < -0.3 is 10.6 Å². The standard InChI is InChI=1S/C15H19N5O/c1-15(2,3)11-8-10(9-13(16-4)18-11)14(21)19-12-6-5-7-17-20-12/h5-9H,1-4H3,(H,16,18)(H,19,20,21). The highest BCUT2D eigenvalue weighted by Gasteiger charge is 2.19. The van der Waals surface area contributed by atoms with Crippen LogP contribution in [0.1, 0.15) is 36.8 Å². The summed E-state index contributed by atoms with van der Waals surface area (Å²) in [4.78, 5) is 16.8. The molecule has 110 valence electrons. The molecule has 2 aromatic heterocycles. The second-order valence-electron chi connectivity index (χ2n) is 5.69. The molecule has 1 amide bonds. The summed E-state index contributed by atoms with van der Waals surface area (Å²) < 4.78 is 0. The quantitative estimate of drug-likeness (QED) is 0.905. The first-order valence-electron chi connectivity index (χ1n) is 6.69. The van der Waals surface area contributed by atoms with Crippen LogP contribution in [0.15, 0.2) is 30.5 Å². The van der Waals surface area contributed by atoms with Crippen LogP contribution in [0.3, 0.4) is 0 Å². The van der Waals surface area contributed by atoms with Gasteiger partial charge in [0, 0.05) is 29.9 Å². The average Bonchev–Trinajstić information content (AvgIpc) is 2.46. The zero-order valence-electron chi connectivity index (χ0n) is 12.6. The molecule has 6 heteroatoms. The van der Waals surface area contributed by atoms with Gasteiger partial charge in [0.1, 0.15) is 5.82 Å². The van der Waals surface area contributed by atoms with Gasteiger partial charge in [-0.1, -0.05) is 20.8 Å². The molecule has 0 atom stereocenters. The third-order valence-corrected chi connectivity index (χ3v) is 2.93. The largest absolute Gasteiger partial charge is 0.373 e. The molecular weight excluding hydrogens is 266 g/mol. The summed E-state index contributed by atoms with van der Waals surface area (Å²) in [6.07, 6.45) is 1.55. The number of pyridine rings is 1. The van der Waals surface area contributed by atoms with Gasteiger partial charge in [-0.25, -0.2) is 4.98 Å². The van der Waals surface area contributed by atoms with E-state index in [0.29, 0.717) is 17.2 Å². The van der Waals surface area contributed by atoms with Crippen molar-refractivity contribution in [1.29, 1.82) is 0 Å². The van der Waals surface area contributed by atoms with Crippen molar-refractivity contribution < 1.29 is 4.79 Å². The Morgan fingerprint density at radius 1 is 1.19 bits per heavy atom. The molecule has 0 saturated carbocycles. The number of aromatic nitrogens is 3. The Morgan fingerprint density at radius 3 is 2.52 bits per heavy atom. The maximum absolute atomic E-state index is 12.3. The van der Waals surface area contributed by atoms with E-state index in [9.17, 15) is 4.79 Å². The Balaban J connectivity index is 2.32. The normalized spacial score (nSPS) is 11.0. The van der Waals surface area contributed by atoms with Crippen molar-refractivity contribution >= 4 is 17.5 Å². The van der Waals surface area contributed by atoms with E-state index in [0.717, 1.165) is 5.69 Å². The van der Waals surface area contributed by atoms with Gasteiger partial charge in [0.15, 0.2) is 5.82 Å². The molecule has 6 nitrogen and oxygen atoms in total. The molecule has 0 unspecified atom stereocenters. The number of rotatable bonds is 3. The third-order valence-electron chi connectivity index (χ3n) is 2.93. The fourth-order valence-corrected chi connectivity index (χ4v) is 1.73. The van der Waals surface area contributed by atoms with Crippen molar-refractivity contribution in [3.63, 3.8) is 0 Å². The van der Waals surface area contributed by atoms with Crippen LogP contribution in [0, 0.1) is 0 Å². The van der Waals surface area contributed by atoms with Crippen LogP contribution < -0.4 is 10.6 Å². The van der Waals surface area contributed by atoms with Gasteiger partial charge in [-0.3, -0.25) is 4.79 Å². The lowest BCUT2D eigenvalue weighted by Gasteiger charge is -2.19. The van der Waals surface area contributed by atoms with E-state index in [1.807, 2.05) is 0 Å². The summed E-state index contributed by atoms with van der Waals surface area (Å²) in [5.74, 6) is 0.842. The van der Waals surface area contributed by atoms with E-state index in [1.165, 1.54) is 0 Å². The van der Waals surface area contributed by atoms with Crippen molar-refractivity contribution in [1.82, 2.24) is 15.2 Å². The van der Waals surface area contributed by atoms with Crippen molar-refractivity contribution in [3.05, 3.63) is 41.7 Å². The van der Waals surface area contributed by atoms with Gasteiger partial charge in [-0.05, 0) is 24.3 Å². The fraction of sp³-hybridized carbons (Fsp3) is 0.333. The van der Waals surface area contributed by atoms with Gasteiger partial charge >= 0.3 is 0 Å². The Morgan fingerprint density at radius 2 is 1.95 bits per heavy atom. The fourth-order valence-electron chi connectivity index (χ4n) is 1.73. The Hall–Kier alpha value is -2.50. The van der Waals surface area contributed by atoms with Crippen LogP contribution in [0.4, 0.5) is 11.6 Å². The van der Waals surface area contributed by atoms with Crippen LogP contribution >= 0.6 is 0 Å². The molecule has 2 N–H and O–H groups in total. The number of nitrogens with one attached hydrogen (secondary N) is 2. The van der Waals surface area contributed by atoms with Crippen LogP contribution in [0.25, 0.3) is 0 Å². The molecule has 2 aromatic rings. The first kappa shape index (κ1) is 14.9. The van der Waals surface area contributed by atoms with Crippen molar-refractivity contribution in [2.75, 3.05) is 17.7 Å². The summed E-state index contributed by atoms with van der Waals surface area (Å²) >= 11 is 0. The zero-order valence-corrected chi connectivity index (χ0v) is 12.6. The lowest BCUT2D eigenvalue weighted by atomic mass is 9.90. The maximum atomic E-state index is 12.3. The van der Waals surface area contributed by atoms with Gasteiger partial charge in [0.25, 0.3) is 5.91 Å². The van der Waals surface area contributed by atoms with E-state index < -0.39 is 0 Å². The molecule has 0 bridgehead atoms. The summed E-state index contributed by atoms with van der Waals surface area (Å²) in [7, 11) is 1.78. The monoisotopic (exact) mass is 285 g/mol. The molecule has 0 radical (unpaired) electrons. The van der Waals surface area contributed by atoms with Crippen LogP contribution in [-0.4, -0.2) is 28.1 Å². The van der Waals surface area contributed by atoms with E-state index in [4.69, 9.17) is 0 Å². The highest BCUT2D eigenvalue weighted by atomic mass is 16.1. The Labute approximate surface area is 124 Å². The van der Waals surface area contributed by atoms with Gasteiger partial charge in [-0.2, -0.15) is 5.10 Å². The summed E-state index contributed by atoms with van der Waals surface area (Å²) in [5.41, 5.74) is 1.23. The highest BCUT2D eigenvalue weighted by molar-refractivity contribution is 6.04. The summed E-state index contributed by atoms with van der Waals surface area (Å²) in [6, 6.07) is 6.91. The Kier molecular flexibility index (Phi) is 4.16. The number of hydrogen-bond donors (Lipinski definition) is 2. The number of anilines is 2. The van der Waals surface area contributed by atoms with E-state index in [2.05, 4.69) is 46.6 Å². The number of carbonyl (C=O) groups excluding carboxylic acids is 1. The number of nitrogens with zero attached hydrogens (tertiary/aromatic N) is 3. The van der Waals surface area contributed by atoms with E-state index in [1.54, 1.807) is 37.5 Å². The molecule has 0 fully saturated rings. The second kappa shape index (κ2) is 5.87. The molecule has 0 spiro atoms.